The third-order valence-electron chi connectivity index (χ3n) is 4.92. The van der Waals surface area contributed by atoms with Crippen molar-refractivity contribution in [1.82, 2.24) is 30.0 Å². The number of aromatic nitrogens is 4. The van der Waals surface area contributed by atoms with Gasteiger partial charge in [-0.25, -0.2) is 4.98 Å². The Balaban J connectivity index is 1.35. The molecule has 27 heavy (non-hydrogen) atoms. The van der Waals surface area contributed by atoms with Gasteiger partial charge in [-0.2, -0.15) is 5.10 Å². The number of hydrogen-bond acceptors (Lipinski definition) is 5. The van der Waals surface area contributed by atoms with E-state index in [1.807, 2.05) is 24.0 Å². The number of rotatable bonds is 7. The van der Waals surface area contributed by atoms with E-state index < -0.39 is 0 Å². The highest BCUT2D eigenvalue weighted by molar-refractivity contribution is 7.14. The van der Waals surface area contributed by atoms with Crippen LogP contribution < -0.4 is 5.32 Å². The third-order valence-corrected chi connectivity index (χ3v) is 6.11. The quantitative estimate of drug-likeness (QED) is 0.656. The highest BCUT2D eigenvalue weighted by atomic mass is 32.1. The smallest absolute Gasteiger partial charge is 0.261 e. The molecule has 142 valence electrons. The Morgan fingerprint density at radius 3 is 3.11 bits per heavy atom. The fraction of sp³-hybridized carbons (Fsp3) is 0.421. The van der Waals surface area contributed by atoms with E-state index in [4.69, 9.17) is 0 Å². The van der Waals surface area contributed by atoms with Crippen LogP contribution >= 0.6 is 11.3 Å². The zero-order chi connectivity index (χ0) is 18.6. The van der Waals surface area contributed by atoms with Gasteiger partial charge in [-0.05, 0) is 31.5 Å². The SMILES string of the molecule is Cn1cc(CN2CCCC2c2ccc(C(=O)NCCc3cnc[nH]3)s2)cn1. The minimum Gasteiger partial charge on any atom is -0.351 e. The number of likely N-dealkylation sites (tertiary alicyclic amines) is 1. The van der Waals surface area contributed by atoms with E-state index in [1.165, 1.54) is 16.9 Å². The lowest BCUT2D eigenvalue weighted by atomic mass is 10.2. The van der Waals surface area contributed by atoms with Gasteiger partial charge < -0.3 is 10.3 Å². The third kappa shape index (κ3) is 4.28. The number of hydrogen-bond donors (Lipinski definition) is 2. The molecule has 1 fully saturated rings. The summed E-state index contributed by atoms with van der Waals surface area (Å²) in [7, 11) is 1.95. The van der Waals surface area contributed by atoms with Crippen molar-refractivity contribution >= 4 is 17.2 Å². The number of thiophene rings is 1. The molecule has 0 aromatic carbocycles. The van der Waals surface area contributed by atoms with E-state index >= 15 is 0 Å². The average molecular weight is 385 g/mol. The van der Waals surface area contributed by atoms with Crippen LogP contribution in [0.4, 0.5) is 0 Å². The maximum atomic E-state index is 12.4. The molecule has 3 aromatic heterocycles. The van der Waals surface area contributed by atoms with E-state index in [1.54, 1.807) is 23.9 Å². The van der Waals surface area contributed by atoms with Crippen molar-refractivity contribution in [2.45, 2.75) is 31.8 Å². The van der Waals surface area contributed by atoms with Crippen LogP contribution in [0.2, 0.25) is 0 Å². The van der Waals surface area contributed by atoms with E-state index in [9.17, 15) is 4.79 Å². The van der Waals surface area contributed by atoms with Crippen molar-refractivity contribution in [2.24, 2.45) is 7.05 Å². The van der Waals surface area contributed by atoms with Gasteiger partial charge in [0.15, 0.2) is 0 Å². The van der Waals surface area contributed by atoms with Crippen molar-refractivity contribution < 1.29 is 4.79 Å². The second kappa shape index (κ2) is 8.06. The predicted molar refractivity (Wildman–Crippen MR) is 105 cm³/mol. The summed E-state index contributed by atoms with van der Waals surface area (Å²) >= 11 is 1.61. The molecule has 1 amide bonds. The topological polar surface area (TPSA) is 78.8 Å². The van der Waals surface area contributed by atoms with Crippen molar-refractivity contribution in [3.63, 3.8) is 0 Å². The van der Waals surface area contributed by atoms with Crippen LogP contribution in [0.25, 0.3) is 0 Å². The minimum absolute atomic E-state index is 0.00238. The van der Waals surface area contributed by atoms with Gasteiger partial charge in [-0.3, -0.25) is 14.4 Å². The first-order valence-electron chi connectivity index (χ1n) is 9.26. The molecule has 1 saturated heterocycles. The van der Waals surface area contributed by atoms with Gasteiger partial charge in [0.05, 0.1) is 17.4 Å². The first kappa shape index (κ1) is 17.9. The van der Waals surface area contributed by atoms with Gasteiger partial charge in [-0.1, -0.05) is 0 Å². The Hall–Kier alpha value is -2.45. The number of amides is 1. The molecule has 1 aliphatic heterocycles. The number of carbonyl (C=O) groups is 1. The van der Waals surface area contributed by atoms with Gasteiger partial charge in [0.2, 0.25) is 0 Å². The van der Waals surface area contributed by atoms with E-state index in [2.05, 4.69) is 37.5 Å². The monoisotopic (exact) mass is 384 g/mol. The maximum absolute atomic E-state index is 12.4. The second-order valence-electron chi connectivity index (χ2n) is 6.94. The molecule has 0 radical (unpaired) electrons. The molecule has 1 unspecified atom stereocenters. The highest BCUT2D eigenvalue weighted by Crippen LogP contribution is 2.36. The van der Waals surface area contributed by atoms with Gasteiger partial charge in [-0.15, -0.1) is 11.3 Å². The summed E-state index contributed by atoms with van der Waals surface area (Å²) in [4.78, 5) is 24.0. The van der Waals surface area contributed by atoms with Crippen molar-refractivity contribution in [3.8, 4) is 0 Å². The molecule has 4 rings (SSSR count). The van der Waals surface area contributed by atoms with Crippen molar-refractivity contribution in [3.05, 3.63) is 58.1 Å². The first-order chi connectivity index (χ1) is 13.2. The van der Waals surface area contributed by atoms with E-state index in [-0.39, 0.29) is 5.91 Å². The van der Waals surface area contributed by atoms with Crippen molar-refractivity contribution in [1.29, 1.82) is 0 Å². The molecule has 1 atom stereocenters. The zero-order valence-corrected chi connectivity index (χ0v) is 16.2. The molecule has 4 heterocycles. The van der Waals surface area contributed by atoms with Crippen LogP contribution in [-0.4, -0.2) is 43.6 Å². The first-order valence-corrected chi connectivity index (χ1v) is 10.1. The molecule has 2 N–H and O–H groups in total. The second-order valence-corrected chi connectivity index (χ2v) is 8.05. The molecule has 3 aromatic rings. The van der Waals surface area contributed by atoms with Crippen LogP contribution in [-0.2, 0) is 20.0 Å². The lowest BCUT2D eigenvalue weighted by Crippen LogP contribution is -2.25. The number of aromatic amines is 1. The Morgan fingerprint density at radius 1 is 1.41 bits per heavy atom. The summed E-state index contributed by atoms with van der Waals surface area (Å²) in [5, 5.41) is 7.26. The van der Waals surface area contributed by atoms with E-state index in [0.29, 0.717) is 12.6 Å². The molecule has 8 heteroatoms. The van der Waals surface area contributed by atoms with Gasteiger partial charge >= 0.3 is 0 Å². The maximum Gasteiger partial charge on any atom is 0.261 e. The lowest BCUT2D eigenvalue weighted by Gasteiger charge is -2.22. The Morgan fingerprint density at radius 2 is 2.33 bits per heavy atom. The molecule has 7 nitrogen and oxygen atoms in total. The number of aryl methyl sites for hydroxylation is 1. The fourth-order valence-corrected chi connectivity index (χ4v) is 4.69. The van der Waals surface area contributed by atoms with Gasteiger partial charge in [0, 0.05) is 61.1 Å². The van der Waals surface area contributed by atoms with Crippen LogP contribution in [0.3, 0.4) is 0 Å². The number of H-pyrrole nitrogens is 1. The van der Waals surface area contributed by atoms with Crippen molar-refractivity contribution in [2.75, 3.05) is 13.1 Å². The number of carbonyl (C=O) groups excluding carboxylic acids is 1. The summed E-state index contributed by atoms with van der Waals surface area (Å²) in [6.07, 6.45) is 10.5. The molecule has 0 bridgehead atoms. The highest BCUT2D eigenvalue weighted by Gasteiger charge is 2.28. The normalized spacial score (nSPS) is 17.4. The van der Waals surface area contributed by atoms with Gasteiger partial charge in [0.1, 0.15) is 0 Å². The van der Waals surface area contributed by atoms with Crippen LogP contribution in [0.1, 0.15) is 44.7 Å². The lowest BCUT2D eigenvalue weighted by molar-refractivity contribution is 0.0958. The van der Waals surface area contributed by atoms with Crippen LogP contribution in [0.15, 0.2) is 37.1 Å². The minimum atomic E-state index is 0.00238. The summed E-state index contributed by atoms with van der Waals surface area (Å²) in [6, 6.07) is 4.45. The Kier molecular flexibility index (Phi) is 5.35. The van der Waals surface area contributed by atoms with E-state index in [0.717, 1.165) is 36.5 Å². The average Bonchev–Trinajstić information content (AvgIpc) is 3.43. The van der Waals surface area contributed by atoms with Gasteiger partial charge in [0.25, 0.3) is 5.91 Å². The summed E-state index contributed by atoms with van der Waals surface area (Å²) in [5.74, 6) is 0.00238. The number of nitrogens with zero attached hydrogens (tertiary/aromatic N) is 4. The Labute approximate surface area is 162 Å². The fourth-order valence-electron chi connectivity index (χ4n) is 3.60. The van der Waals surface area contributed by atoms with Crippen LogP contribution in [0.5, 0.6) is 0 Å². The standard InChI is InChI=1S/C19H24N6OS/c1-24-11-14(9-23-24)12-25-8-2-3-16(25)17-4-5-18(27-17)19(26)21-7-6-15-10-20-13-22-15/h4-5,9-11,13,16H,2-3,6-8,12H2,1H3,(H,20,22)(H,21,26). The molecule has 1 aliphatic rings. The number of nitrogens with one attached hydrogen (secondary N) is 2. The summed E-state index contributed by atoms with van der Waals surface area (Å²) < 4.78 is 1.84. The molecular weight excluding hydrogens is 360 g/mol. The van der Waals surface area contributed by atoms with Crippen LogP contribution in [0, 0.1) is 0 Å². The Bertz CT molecular complexity index is 884. The zero-order valence-electron chi connectivity index (χ0n) is 15.4. The molecule has 0 spiro atoms. The number of imidazole rings is 1. The summed E-state index contributed by atoms with van der Waals surface area (Å²) in [5.41, 5.74) is 2.26. The predicted octanol–water partition coefficient (Wildman–Crippen LogP) is 2.51. The molecular formula is C19H24N6OS. The summed E-state index contributed by atoms with van der Waals surface area (Å²) in [6.45, 7) is 2.59. The largest absolute Gasteiger partial charge is 0.351 e. The molecule has 0 aliphatic carbocycles. The molecule has 0 saturated carbocycles.